The molecule has 0 radical (unpaired) electrons. The predicted molar refractivity (Wildman–Crippen MR) is 59.4 cm³/mol. The second-order valence-electron chi connectivity index (χ2n) is 2.82. The van der Waals surface area contributed by atoms with Crippen LogP contribution in [0.5, 0.6) is 0 Å². The first-order valence-corrected chi connectivity index (χ1v) is 5.28. The van der Waals surface area contributed by atoms with Gasteiger partial charge >= 0.3 is 11.9 Å². The molecule has 0 amide bonds. The van der Waals surface area contributed by atoms with Gasteiger partial charge in [-0.2, -0.15) is 0 Å². The summed E-state index contributed by atoms with van der Waals surface area (Å²) in [6, 6.07) is 5.14. The number of carboxylic acid groups (broad SMARTS) is 1. The Balaban J connectivity index is 2.50. The Bertz CT molecular complexity index is 555. The van der Waals surface area contributed by atoms with Gasteiger partial charge in [-0.25, -0.2) is 4.79 Å². The summed E-state index contributed by atoms with van der Waals surface area (Å²) in [6.45, 7) is 0. The number of hydrogen-bond donors (Lipinski definition) is 1. The highest BCUT2D eigenvalue weighted by atomic mass is 79.9. The Morgan fingerprint density at radius 3 is 2.81 bits per heavy atom. The fourth-order valence-corrected chi connectivity index (χ4v) is 1.66. The topological polar surface area (TPSA) is 76.2 Å². The van der Waals surface area contributed by atoms with Crippen LogP contribution in [0.25, 0.3) is 11.5 Å². The zero-order chi connectivity index (χ0) is 11.7. The number of benzene rings is 1. The van der Waals surface area contributed by atoms with E-state index in [1.807, 2.05) is 0 Å². The fraction of sp³-hybridized carbons (Fsp3) is 0. The van der Waals surface area contributed by atoms with Crippen molar-refractivity contribution in [2.75, 3.05) is 0 Å². The molecule has 0 aliphatic heterocycles. The summed E-state index contributed by atoms with van der Waals surface area (Å²) in [4.78, 5) is 10.6. The van der Waals surface area contributed by atoms with Gasteiger partial charge in [-0.3, -0.25) is 0 Å². The summed E-state index contributed by atoms with van der Waals surface area (Å²) in [7, 11) is 0. The van der Waals surface area contributed by atoms with Crippen LogP contribution in [0.3, 0.4) is 0 Å². The average molecular weight is 303 g/mol. The van der Waals surface area contributed by atoms with Crippen LogP contribution in [-0.2, 0) is 0 Å². The maximum atomic E-state index is 10.6. The van der Waals surface area contributed by atoms with E-state index in [1.54, 1.807) is 18.2 Å². The van der Waals surface area contributed by atoms with Gasteiger partial charge in [0.05, 0.1) is 10.6 Å². The van der Waals surface area contributed by atoms with E-state index in [4.69, 9.17) is 21.1 Å². The molecule has 0 fully saturated rings. The molecule has 82 valence electrons. The Morgan fingerprint density at radius 2 is 2.19 bits per heavy atom. The summed E-state index contributed by atoms with van der Waals surface area (Å²) in [5.74, 6) is -1.67. The van der Waals surface area contributed by atoms with Gasteiger partial charge in [0.2, 0.25) is 5.89 Å². The van der Waals surface area contributed by atoms with Gasteiger partial charge in [0.25, 0.3) is 0 Å². The van der Waals surface area contributed by atoms with Gasteiger partial charge in [-0.05, 0) is 28.1 Å². The molecule has 0 aliphatic rings. The van der Waals surface area contributed by atoms with Crippen molar-refractivity contribution < 1.29 is 14.3 Å². The van der Waals surface area contributed by atoms with Crippen LogP contribution in [0, 0.1) is 0 Å². The molecule has 0 bridgehead atoms. The van der Waals surface area contributed by atoms with E-state index in [0.717, 1.165) is 0 Å². The molecule has 0 saturated heterocycles. The van der Waals surface area contributed by atoms with Gasteiger partial charge in [0.15, 0.2) is 0 Å². The lowest BCUT2D eigenvalue weighted by atomic mass is 10.2. The van der Waals surface area contributed by atoms with E-state index in [-0.39, 0.29) is 5.89 Å². The SMILES string of the molecule is O=C(O)c1nnc(-c2cccc(Br)c2Cl)o1. The van der Waals surface area contributed by atoms with Crippen molar-refractivity contribution in [3.05, 3.63) is 33.6 Å². The number of hydrogen-bond acceptors (Lipinski definition) is 4. The Kier molecular flexibility index (Phi) is 2.93. The van der Waals surface area contributed by atoms with Gasteiger partial charge in [0.1, 0.15) is 0 Å². The molecule has 1 N–H and O–H groups in total. The number of carbonyl (C=O) groups is 1. The molecule has 0 atom stereocenters. The van der Waals surface area contributed by atoms with Gasteiger partial charge in [0, 0.05) is 4.47 Å². The van der Waals surface area contributed by atoms with Gasteiger partial charge < -0.3 is 9.52 Å². The van der Waals surface area contributed by atoms with Crippen molar-refractivity contribution in [3.8, 4) is 11.5 Å². The first-order chi connectivity index (χ1) is 7.59. The molecule has 0 aliphatic carbocycles. The number of carboxylic acids is 1. The van der Waals surface area contributed by atoms with Crippen molar-refractivity contribution in [1.82, 2.24) is 10.2 Å². The maximum Gasteiger partial charge on any atom is 0.393 e. The van der Waals surface area contributed by atoms with Gasteiger partial charge in [-0.15, -0.1) is 10.2 Å². The molecular weight excluding hydrogens is 299 g/mol. The van der Waals surface area contributed by atoms with E-state index >= 15 is 0 Å². The van der Waals surface area contributed by atoms with Crippen LogP contribution in [0.2, 0.25) is 5.02 Å². The molecule has 1 heterocycles. The second-order valence-corrected chi connectivity index (χ2v) is 4.05. The minimum atomic E-state index is -1.27. The molecule has 7 heteroatoms. The molecule has 1 aromatic heterocycles. The molecule has 0 unspecified atom stereocenters. The zero-order valence-electron chi connectivity index (χ0n) is 7.65. The maximum absolute atomic E-state index is 10.6. The quantitative estimate of drug-likeness (QED) is 0.923. The second kappa shape index (κ2) is 4.23. The highest BCUT2D eigenvalue weighted by molar-refractivity contribution is 9.10. The lowest BCUT2D eigenvalue weighted by Gasteiger charge is -1.99. The number of aromatic nitrogens is 2. The normalized spacial score (nSPS) is 10.4. The van der Waals surface area contributed by atoms with E-state index < -0.39 is 11.9 Å². The molecule has 5 nitrogen and oxygen atoms in total. The highest BCUT2D eigenvalue weighted by Crippen LogP contribution is 2.32. The minimum Gasteiger partial charge on any atom is -0.474 e. The number of rotatable bonds is 2. The lowest BCUT2D eigenvalue weighted by Crippen LogP contribution is -1.95. The third kappa shape index (κ3) is 1.94. The molecule has 2 aromatic rings. The molecule has 1 aromatic carbocycles. The molecule has 2 rings (SSSR count). The van der Waals surface area contributed by atoms with Crippen molar-refractivity contribution in [1.29, 1.82) is 0 Å². The van der Waals surface area contributed by atoms with E-state index in [2.05, 4.69) is 26.1 Å². The van der Waals surface area contributed by atoms with E-state index in [0.29, 0.717) is 15.1 Å². The van der Waals surface area contributed by atoms with Crippen LogP contribution in [0.1, 0.15) is 10.7 Å². The predicted octanol–water partition coefficient (Wildman–Crippen LogP) is 2.85. The van der Waals surface area contributed by atoms with Crippen molar-refractivity contribution in [2.24, 2.45) is 0 Å². The lowest BCUT2D eigenvalue weighted by molar-refractivity contribution is 0.0654. The van der Waals surface area contributed by atoms with Crippen LogP contribution in [-0.4, -0.2) is 21.3 Å². The summed E-state index contributed by atoms with van der Waals surface area (Å²) in [5, 5.41) is 16.0. The third-order valence-electron chi connectivity index (χ3n) is 1.79. The van der Waals surface area contributed by atoms with Crippen molar-refractivity contribution >= 4 is 33.5 Å². The Labute approximate surface area is 103 Å². The Morgan fingerprint density at radius 1 is 1.44 bits per heavy atom. The summed E-state index contributed by atoms with van der Waals surface area (Å²) < 4.78 is 5.61. The third-order valence-corrected chi connectivity index (χ3v) is 3.09. The van der Waals surface area contributed by atoms with Crippen LogP contribution >= 0.6 is 27.5 Å². The standard InChI is InChI=1S/C9H4BrClN2O3/c10-5-3-1-2-4(6(5)11)7-12-13-8(16-7)9(14)15/h1-3H,(H,14,15). The summed E-state index contributed by atoms with van der Waals surface area (Å²) in [6.07, 6.45) is 0. The van der Waals surface area contributed by atoms with E-state index in [9.17, 15) is 4.79 Å². The van der Waals surface area contributed by atoms with Crippen molar-refractivity contribution in [3.63, 3.8) is 0 Å². The monoisotopic (exact) mass is 302 g/mol. The van der Waals surface area contributed by atoms with Crippen molar-refractivity contribution in [2.45, 2.75) is 0 Å². The largest absolute Gasteiger partial charge is 0.474 e. The molecule has 16 heavy (non-hydrogen) atoms. The molecular formula is C9H4BrClN2O3. The van der Waals surface area contributed by atoms with Crippen LogP contribution < -0.4 is 0 Å². The minimum absolute atomic E-state index is 0.0729. The number of aromatic carboxylic acids is 1. The van der Waals surface area contributed by atoms with E-state index in [1.165, 1.54) is 0 Å². The van der Waals surface area contributed by atoms with Crippen LogP contribution in [0.4, 0.5) is 0 Å². The molecule has 0 spiro atoms. The average Bonchev–Trinajstić information content (AvgIpc) is 2.71. The summed E-state index contributed by atoms with van der Waals surface area (Å²) >= 11 is 9.24. The fourth-order valence-electron chi connectivity index (χ4n) is 1.09. The first-order valence-electron chi connectivity index (χ1n) is 4.11. The zero-order valence-corrected chi connectivity index (χ0v) is 9.99. The summed E-state index contributed by atoms with van der Waals surface area (Å²) in [5.41, 5.74) is 0.482. The molecule has 0 saturated carbocycles. The number of nitrogens with zero attached hydrogens (tertiary/aromatic N) is 2. The Hall–Kier alpha value is -1.40. The highest BCUT2D eigenvalue weighted by Gasteiger charge is 2.16. The number of halogens is 2. The van der Waals surface area contributed by atoms with Gasteiger partial charge in [-0.1, -0.05) is 17.7 Å². The van der Waals surface area contributed by atoms with Crippen LogP contribution in [0.15, 0.2) is 27.1 Å². The first kappa shape index (κ1) is 11.1. The smallest absolute Gasteiger partial charge is 0.393 e.